The smallest absolute Gasteiger partial charge is 0.356 e. The summed E-state index contributed by atoms with van der Waals surface area (Å²) in [6.45, 7) is 14.8. The van der Waals surface area contributed by atoms with Crippen LogP contribution in [-0.4, -0.2) is 84.3 Å². The first-order chi connectivity index (χ1) is 26.4. The average molecular weight is 851 g/mol. The molecule has 0 radical (unpaired) electrons. The molecule has 2 aliphatic rings. The Kier molecular flexibility index (Phi) is 12.1. The second-order valence-electron chi connectivity index (χ2n) is 15.5. The van der Waals surface area contributed by atoms with Gasteiger partial charge in [0.1, 0.15) is 32.6 Å². The van der Waals surface area contributed by atoms with Gasteiger partial charge in [-0.1, -0.05) is 26.8 Å². The normalized spacial score (nSPS) is 15.1. The van der Waals surface area contributed by atoms with Gasteiger partial charge in [-0.25, -0.2) is 36.8 Å². The largest absolute Gasteiger partial charge is 0.433 e. The second kappa shape index (κ2) is 15.9. The van der Waals surface area contributed by atoms with E-state index in [1.54, 1.807) is 12.1 Å². The molecule has 4 aromatic heterocycles. The molecule has 2 saturated heterocycles. The van der Waals surface area contributed by atoms with E-state index in [9.17, 15) is 39.6 Å². The van der Waals surface area contributed by atoms with Crippen LogP contribution in [0.4, 0.5) is 35.8 Å². The summed E-state index contributed by atoms with van der Waals surface area (Å²) in [5.41, 5.74) is -0.494. The van der Waals surface area contributed by atoms with Gasteiger partial charge >= 0.3 is 6.18 Å². The van der Waals surface area contributed by atoms with Gasteiger partial charge in [0.05, 0.1) is 15.5 Å². The van der Waals surface area contributed by atoms with Crippen LogP contribution in [0.5, 0.6) is 0 Å². The zero-order valence-electron chi connectivity index (χ0n) is 32.5. The van der Waals surface area contributed by atoms with Crippen molar-refractivity contribution in [3.63, 3.8) is 0 Å². The Labute approximate surface area is 334 Å². The highest BCUT2D eigenvalue weighted by Gasteiger charge is 2.45. The summed E-state index contributed by atoms with van der Waals surface area (Å²) in [4.78, 5) is 45.5. The van der Waals surface area contributed by atoms with Crippen molar-refractivity contribution in [1.29, 1.82) is 0 Å². The molecule has 0 bridgehead atoms. The predicted molar refractivity (Wildman–Crippen MR) is 212 cm³/mol. The molecule has 308 valence electrons. The van der Waals surface area contributed by atoms with Gasteiger partial charge < -0.3 is 20.4 Å². The number of sulfone groups is 2. The Hall–Kier alpha value is -4.69. The summed E-state index contributed by atoms with van der Waals surface area (Å²) in [6.07, 6.45) is -0.0208. The van der Waals surface area contributed by atoms with Crippen molar-refractivity contribution in [2.45, 2.75) is 92.2 Å². The molecule has 20 heteroatoms. The standard InChI is InChI=1S/C19H26N4O3S2.C18H19F3N4O3S/c1-18(2,3)14-12-27-17(21-14)22-16(24)19(4,5)28(25,26)13-7-8-15(20-11-13)23-9-6-10-23;1-17(2,16(26)24-14-6-3-5-13(23-14)18(19,20)21)29(27,28)12-7-8-15(22-11-12)25-9-4-10-25/h7-8,11-12H,6,9-10H2,1-5H3,(H,21,22,24);3,5-8,11H,4,9-10H2,1-2H3,(H,23,24,26). The highest BCUT2D eigenvalue weighted by molar-refractivity contribution is 7.94. The topological polar surface area (TPSA) is 185 Å². The van der Waals surface area contributed by atoms with Crippen molar-refractivity contribution in [2.75, 3.05) is 46.6 Å². The van der Waals surface area contributed by atoms with Gasteiger partial charge in [0, 0.05) is 49.4 Å². The third-order valence-electron chi connectivity index (χ3n) is 9.63. The van der Waals surface area contributed by atoms with E-state index in [0.29, 0.717) is 10.9 Å². The number of pyridine rings is 3. The molecule has 0 unspecified atom stereocenters. The number of hydrogen-bond donors (Lipinski definition) is 2. The summed E-state index contributed by atoms with van der Waals surface area (Å²) in [7, 11) is -8.10. The molecule has 0 atom stereocenters. The number of alkyl halides is 3. The Morgan fingerprint density at radius 3 is 1.51 bits per heavy atom. The Balaban J connectivity index is 0.000000218. The molecule has 0 saturated carbocycles. The summed E-state index contributed by atoms with van der Waals surface area (Å²) in [5, 5.41) is 7.08. The number of anilines is 4. The number of carbonyl (C=O) groups excluding carboxylic acids is 2. The Morgan fingerprint density at radius 1 is 0.667 bits per heavy atom. The number of carbonyl (C=O) groups is 2. The molecule has 4 aromatic rings. The second-order valence-corrected chi connectivity index (χ2v) is 21.4. The van der Waals surface area contributed by atoms with E-state index >= 15 is 0 Å². The van der Waals surface area contributed by atoms with Gasteiger partial charge in [-0.15, -0.1) is 11.3 Å². The highest BCUT2D eigenvalue weighted by Crippen LogP contribution is 2.32. The van der Waals surface area contributed by atoms with E-state index in [1.807, 2.05) is 31.1 Å². The molecule has 2 amide bonds. The number of nitrogens with one attached hydrogen (secondary N) is 2. The average Bonchev–Trinajstić information content (AvgIpc) is 3.56. The van der Waals surface area contributed by atoms with Crippen LogP contribution in [-0.2, 0) is 40.9 Å². The third-order valence-corrected chi connectivity index (χ3v) is 15.2. The van der Waals surface area contributed by atoms with Gasteiger partial charge in [0.2, 0.25) is 11.8 Å². The van der Waals surface area contributed by atoms with Crippen LogP contribution >= 0.6 is 11.3 Å². The van der Waals surface area contributed by atoms with Crippen LogP contribution in [0.2, 0.25) is 0 Å². The van der Waals surface area contributed by atoms with Crippen molar-refractivity contribution in [3.8, 4) is 0 Å². The lowest BCUT2D eigenvalue weighted by Crippen LogP contribution is -2.44. The molecule has 2 aliphatic heterocycles. The number of hydrogen-bond acceptors (Lipinski definition) is 13. The van der Waals surface area contributed by atoms with Crippen LogP contribution in [0.15, 0.2) is 70.0 Å². The maximum absolute atomic E-state index is 13.1. The first-order valence-corrected chi connectivity index (χ1v) is 21.7. The lowest BCUT2D eigenvalue weighted by atomic mass is 9.93. The minimum atomic E-state index is -4.69. The van der Waals surface area contributed by atoms with E-state index in [-0.39, 0.29) is 21.0 Å². The minimum absolute atomic E-state index is 0.0337. The summed E-state index contributed by atoms with van der Waals surface area (Å²) in [6, 6.07) is 9.12. The molecule has 0 aromatic carbocycles. The van der Waals surface area contributed by atoms with E-state index < -0.39 is 52.9 Å². The molecule has 14 nitrogen and oxygen atoms in total. The molecular weight excluding hydrogens is 806 g/mol. The first kappa shape index (κ1) is 43.4. The van der Waals surface area contributed by atoms with Gasteiger partial charge in [-0.3, -0.25) is 9.59 Å². The minimum Gasteiger partial charge on any atom is -0.356 e. The fraction of sp³-hybridized carbons (Fsp3) is 0.459. The van der Waals surface area contributed by atoms with E-state index in [1.165, 1.54) is 63.6 Å². The van der Waals surface area contributed by atoms with E-state index in [0.717, 1.165) is 68.7 Å². The molecule has 2 N–H and O–H groups in total. The molecule has 6 rings (SSSR count). The molecule has 57 heavy (non-hydrogen) atoms. The monoisotopic (exact) mass is 850 g/mol. The van der Waals surface area contributed by atoms with E-state index in [4.69, 9.17) is 0 Å². The summed E-state index contributed by atoms with van der Waals surface area (Å²) < 4.78 is 86.8. The number of halogens is 3. The molecule has 2 fully saturated rings. The van der Waals surface area contributed by atoms with Gasteiger partial charge in [0.15, 0.2) is 24.8 Å². The van der Waals surface area contributed by atoms with Crippen LogP contribution in [0.3, 0.4) is 0 Å². The van der Waals surface area contributed by atoms with Gasteiger partial charge in [-0.05, 0) is 76.9 Å². The number of nitrogens with zero attached hydrogens (tertiary/aromatic N) is 6. The van der Waals surface area contributed by atoms with E-state index in [2.05, 4.69) is 35.5 Å². The quantitative estimate of drug-likeness (QED) is 0.186. The fourth-order valence-corrected chi connectivity index (χ4v) is 8.79. The maximum atomic E-state index is 13.1. The Bertz CT molecular complexity index is 2320. The fourth-order valence-electron chi connectivity index (χ4n) is 5.21. The molecule has 0 spiro atoms. The predicted octanol–water partition coefficient (Wildman–Crippen LogP) is 6.13. The zero-order valence-corrected chi connectivity index (χ0v) is 35.0. The van der Waals surface area contributed by atoms with Gasteiger partial charge in [0.25, 0.3) is 0 Å². The van der Waals surface area contributed by atoms with Crippen LogP contribution in [0.1, 0.15) is 72.7 Å². The summed E-state index contributed by atoms with van der Waals surface area (Å²) >= 11 is 1.29. The molecular formula is C37H45F3N8O6S3. The van der Waals surface area contributed by atoms with Crippen molar-refractivity contribution in [3.05, 3.63) is 71.6 Å². The first-order valence-electron chi connectivity index (χ1n) is 17.9. The van der Waals surface area contributed by atoms with Crippen molar-refractivity contribution < 1.29 is 39.6 Å². The third kappa shape index (κ3) is 9.22. The number of thiazole rings is 1. The zero-order chi connectivity index (χ0) is 42.2. The SMILES string of the molecule is CC(C)(C(=O)Nc1cccc(C(F)(F)F)n1)S(=O)(=O)c1ccc(N2CCC2)nc1.CC(C)(C)c1csc(NC(=O)C(C)(C)S(=O)(=O)c2ccc(N3CCC3)nc2)n1. The van der Waals surface area contributed by atoms with Crippen LogP contribution in [0, 0.1) is 0 Å². The molecule has 0 aliphatic carbocycles. The van der Waals surface area contributed by atoms with Crippen LogP contribution < -0.4 is 20.4 Å². The highest BCUT2D eigenvalue weighted by atomic mass is 32.2. The van der Waals surface area contributed by atoms with Crippen molar-refractivity contribution in [1.82, 2.24) is 19.9 Å². The van der Waals surface area contributed by atoms with Gasteiger partial charge in [-0.2, -0.15) is 13.2 Å². The maximum Gasteiger partial charge on any atom is 0.433 e. The Morgan fingerprint density at radius 2 is 1.14 bits per heavy atom. The number of rotatable bonds is 10. The number of aromatic nitrogens is 4. The molecule has 6 heterocycles. The lowest BCUT2D eigenvalue weighted by molar-refractivity contribution is -0.141. The van der Waals surface area contributed by atoms with Crippen molar-refractivity contribution in [2.24, 2.45) is 0 Å². The summed E-state index contributed by atoms with van der Waals surface area (Å²) in [5.74, 6) is -0.611. The number of amides is 2. The lowest BCUT2D eigenvalue weighted by Gasteiger charge is -2.32. The van der Waals surface area contributed by atoms with Crippen molar-refractivity contribution >= 4 is 65.4 Å². The van der Waals surface area contributed by atoms with Crippen LogP contribution in [0.25, 0.3) is 0 Å².